The molecule has 14 heavy (non-hydrogen) atoms. The van der Waals surface area contributed by atoms with Crippen LogP contribution in [-0.2, 0) is 6.61 Å². The molecule has 2 rings (SSSR count). The molecule has 1 N–H and O–H groups in total. The molecule has 0 aliphatic rings. The normalized spacial score (nSPS) is 10.8. The van der Waals surface area contributed by atoms with Crippen LogP contribution in [0.2, 0.25) is 0 Å². The Bertz CT molecular complexity index is 430. The molecule has 3 nitrogen and oxygen atoms in total. The van der Waals surface area contributed by atoms with Gasteiger partial charge in [0.25, 0.3) is 0 Å². The number of aryl methyl sites for hydroxylation is 1. The van der Waals surface area contributed by atoms with Crippen LogP contribution in [0.4, 0.5) is 0 Å². The first-order chi connectivity index (χ1) is 6.72. The van der Waals surface area contributed by atoms with Crippen molar-refractivity contribution in [3.8, 4) is 10.6 Å². The number of thiophene rings is 1. The summed E-state index contributed by atoms with van der Waals surface area (Å²) >= 11 is 5.02. The number of nitrogens with zero attached hydrogens (tertiary/aromatic N) is 1. The van der Waals surface area contributed by atoms with Crippen molar-refractivity contribution < 1.29 is 9.52 Å². The Morgan fingerprint density at radius 3 is 3.00 bits per heavy atom. The Morgan fingerprint density at radius 2 is 2.43 bits per heavy atom. The van der Waals surface area contributed by atoms with Crippen LogP contribution in [0.5, 0.6) is 0 Å². The van der Waals surface area contributed by atoms with E-state index in [4.69, 9.17) is 9.52 Å². The SMILES string of the molecule is Cc1cc(-c2ocnc2CO)sc1Br. The monoisotopic (exact) mass is 273 g/mol. The lowest BCUT2D eigenvalue weighted by Crippen LogP contribution is -1.84. The van der Waals surface area contributed by atoms with Crippen molar-refractivity contribution >= 4 is 27.3 Å². The van der Waals surface area contributed by atoms with Crippen LogP contribution in [0.3, 0.4) is 0 Å². The number of oxazole rings is 1. The Labute approximate surface area is 93.5 Å². The van der Waals surface area contributed by atoms with Gasteiger partial charge in [0, 0.05) is 0 Å². The average molecular weight is 274 g/mol. The van der Waals surface area contributed by atoms with E-state index in [-0.39, 0.29) is 6.61 Å². The van der Waals surface area contributed by atoms with Crippen LogP contribution in [-0.4, -0.2) is 10.1 Å². The van der Waals surface area contributed by atoms with E-state index in [2.05, 4.69) is 20.9 Å². The maximum absolute atomic E-state index is 9.02. The van der Waals surface area contributed by atoms with Crippen LogP contribution in [0.1, 0.15) is 11.3 Å². The number of aliphatic hydroxyl groups excluding tert-OH is 1. The van der Waals surface area contributed by atoms with Crippen molar-refractivity contribution in [1.29, 1.82) is 0 Å². The van der Waals surface area contributed by atoms with Crippen molar-refractivity contribution in [2.45, 2.75) is 13.5 Å². The minimum absolute atomic E-state index is 0.0968. The highest BCUT2D eigenvalue weighted by Crippen LogP contribution is 2.35. The Balaban J connectivity index is 2.49. The van der Waals surface area contributed by atoms with E-state index < -0.39 is 0 Å². The first-order valence-corrected chi connectivity index (χ1v) is 5.63. The zero-order valence-corrected chi connectivity index (χ0v) is 9.85. The van der Waals surface area contributed by atoms with E-state index in [9.17, 15) is 0 Å². The Hall–Kier alpha value is -0.650. The minimum atomic E-state index is -0.0968. The maximum Gasteiger partial charge on any atom is 0.181 e. The first kappa shape index (κ1) is 9.89. The molecule has 74 valence electrons. The minimum Gasteiger partial charge on any atom is -0.442 e. The van der Waals surface area contributed by atoms with E-state index >= 15 is 0 Å². The van der Waals surface area contributed by atoms with Crippen LogP contribution >= 0.6 is 27.3 Å². The van der Waals surface area contributed by atoms with Gasteiger partial charge in [0.05, 0.1) is 15.3 Å². The fourth-order valence-electron chi connectivity index (χ4n) is 1.15. The maximum atomic E-state index is 9.02. The van der Waals surface area contributed by atoms with Gasteiger partial charge in [-0.2, -0.15) is 0 Å². The molecule has 0 aromatic carbocycles. The molecule has 0 aliphatic heterocycles. The smallest absolute Gasteiger partial charge is 0.181 e. The zero-order valence-electron chi connectivity index (χ0n) is 7.45. The summed E-state index contributed by atoms with van der Waals surface area (Å²) in [6.45, 7) is 1.92. The highest BCUT2D eigenvalue weighted by molar-refractivity contribution is 9.11. The molecule has 0 fully saturated rings. The van der Waals surface area contributed by atoms with Crippen molar-refractivity contribution in [2.24, 2.45) is 0 Å². The van der Waals surface area contributed by atoms with E-state index in [0.29, 0.717) is 11.5 Å². The number of hydrogen-bond donors (Lipinski definition) is 1. The molecule has 0 saturated carbocycles. The third-order valence-corrected chi connectivity index (χ3v) is 4.01. The Kier molecular flexibility index (Phi) is 2.71. The van der Waals surface area contributed by atoms with Gasteiger partial charge in [0.15, 0.2) is 12.2 Å². The largest absolute Gasteiger partial charge is 0.442 e. The van der Waals surface area contributed by atoms with Crippen LogP contribution < -0.4 is 0 Å². The molecule has 0 unspecified atom stereocenters. The molecule has 0 atom stereocenters. The third-order valence-electron chi connectivity index (χ3n) is 1.87. The molecule has 0 spiro atoms. The standard InChI is InChI=1S/C9H8BrNO2S/c1-5-2-7(14-9(5)10)8-6(3-12)11-4-13-8/h2,4,12H,3H2,1H3. The van der Waals surface area contributed by atoms with Gasteiger partial charge in [0.1, 0.15) is 5.69 Å². The van der Waals surface area contributed by atoms with Crippen molar-refractivity contribution in [2.75, 3.05) is 0 Å². The molecule has 0 bridgehead atoms. The second kappa shape index (κ2) is 3.84. The summed E-state index contributed by atoms with van der Waals surface area (Å²) < 4.78 is 6.31. The van der Waals surface area contributed by atoms with Gasteiger partial charge in [-0.05, 0) is 34.5 Å². The highest BCUT2D eigenvalue weighted by Gasteiger charge is 2.13. The van der Waals surface area contributed by atoms with Crippen molar-refractivity contribution in [3.05, 3.63) is 27.5 Å². The number of halogens is 1. The van der Waals surface area contributed by atoms with Gasteiger partial charge in [-0.25, -0.2) is 4.98 Å². The number of aromatic nitrogens is 1. The fraction of sp³-hybridized carbons (Fsp3) is 0.222. The van der Waals surface area contributed by atoms with Crippen LogP contribution in [0.25, 0.3) is 10.6 Å². The number of hydrogen-bond acceptors (Lipinski definition) is 4. The molecule has 0 aliphatic carbocycles. The fourth-order valence-corrected chi connectivity index (χ4v) is 2.70. The molecule has 2 heterocycles. The summed E-state index contributed by atoms with van der Waals surface area (Å²) in [5.74, 6) is 0.659. The predicted molar refractivity (Wildman–Crippen MR) is 58.2 cm³/mol. The van der Waals surface area contributed by atoms with Crippen LogP contribution in [0.15, 0.2) is 20.7 Å². The summed E-state index contributed by atoms with van der Waals surface area (Å²) in [5, 5.41) is 9.02. The lowest BCUT2D eigenvalue weighted by molar-refractivity contribution is 0.277. The summed E-state index contributed by atoms with van der Waals surface area (Å²) in [6, 6.07) is 2.01. The molecular formula is C9H8BrNO2S. The van der Waals surface area contributed by atoms with Crippen molar-refractivity contribution in [1.82, 2.24) is 4.98 Å². The highest BCUT2D eigenvalue weighted by atomic mass is 79.9. The van der Waals surface area contributed by atoms with Crippen molar-refractivity contribution in [3.63, 3.8) is 0 Å². The molecule has 0 radical (unpaired) electrons. The van der Waals surface area contributed by atoms with Gasteiger partial charge >= 0.3 is 0 Å². The van der Waals surface area contributed by atoms with E-state index in [1.54, 1.807) is 11.3 Å². The molecule has 2 aromatic rings. The first-order valence-electron chi connectivity index (χ1n) is 4.02. The van der Waals surface area contributed by atoms with Gasteiger partial charge in [-0.3, -0.25) is 0 Å². The van der Waals surface area contributed by atoms with Crippen LogP contribution in [0, 0.1) is 6.92 Å². The third kappa shape index (κ3) is 1.63. The molecule has 2 aromatic heterocycles. The molecule has 0 saturated heterocycles. The van der Waals surface area contributed by atoms with E-state index in [1.165, 1.54) is 6.39 Å². The number of rotatable bonds is 2. The molecule has 0 amide bonds. The van der Waals surface area contributed by atoms with E-state index in [0.717, 1.165) is 14.2 Å². The van der Waals surface area contributed by atoms with Gasteiger partial charge in [-0.1, -0.05) is 0 Å². The summed E-state index contributed by atoms with van der Waals surface area (Å²) in [5.41, 5.74) is 1.74. The number of aliphatic hydroxyl groups is 1. The topological polar surface area (TPSA) is 46.3 Å². The lowest BCUT2D eigenvalue weighted by Gasteiger charge is -1.92. The Morgan fingerprint density at radius 1 is 1.64 bits per heavy atom. The van der Waals surface area contributed by atoms with E-state index in [1.807, 2.05) is 13.0 Å². The molecular weight excluding hydrogens is 266 g/mol. The van der Waals surface area contributed by atoms with Gasteiger partial charge < -0.3 is 9.52 Å². The summed E-state index contributed by atoms with van der Waals surface area (Å²) in [6.07, 6.45) is 1.35. The quantitative estimate of drug-likeness (QED) is 0.915. The van der Waals surface area contributed by atoms with Gasteiger partial charge in [0.2, 0.25) is 0 Å². The van der Waals surface area contributed by atoms with Gasteiger partial charge in [-0.15, -0.1) is 11.3 Å². The summed E-state index contributed by atoms with van der Waals surface area (Å²) in [4.78, 5) is 4.91. The second-order valence-electron chi connectivity index (χ2n) is 2.85. The average Bonchev–Trinajstić information content (AvgIpc) is 2.73. The lowest BCUT2D eigenvalue weighted by atomic mass is 10.2. The zero-order chi connectivity index (χ0) is 10.1. The second-order valence-corrected chi connectivity index (χ2v) is 5.22. The predicted octanol–water partition coefficient (Wildman–Crippen LogP) is 2.97. The summed E-state index contributed by atoms with van der Waals surface area (Å²) in [7, 11) is 0. The molecule has 5 heteroatoms.